The Morgan fingerprint density at radius 3 is 2.60 bits per heavy atom. The van der Waals surface area contributed by atoms with Gasteiger partial charge in [0.25, 0.3) is 0 Å². The maximum Gasteiger partial charge on any atom is 0.174 e. The van der Waals surface area contributed by atoms with Gasteiger partial charge in [-0.05, 0) is 42.0 Å². The highest BCUT2D eigenvalue weighted by Crippen LogP contribution is 2.34. The van der Waals surface area contributed by atoms with Crippen molar-refractivity contribution >= 4 is 56.1 Å². The molecule has 2 atom stereocenters. The Morgan fingerprint density at radius 2 is 1.87 bits per heavy atom. The van der Waals surface area contributed by atoms with Crippen molar-refractivity contribution in [3.63, 3.8) is 0 Å². The van der Waals surface area contributed by atoms with Crippen molar-refractivity contribution in [2.45, 2.75) is 6.10 Å². The molecule has 2 aromatic heterocycles. The summed E-state index contributed by atoms with van der Waals surface area (Å²) in [6, 6.07) is 15.3. The largest absolute Gasteiger partial charge is 0.387 e. The van der Waals surface area contributed by atoms with E-state index in [0.717, 1.165) is 10.1 Å². The minimum Gasteiger partial charge on any atom is -0.387 e. The highest BCUT2D eigenvalue weighted by molar-refractivity contribution is 7.17. The van der Waals surface area contributed by atoms with Gasteiger partial charge in [-0.25, -0.2) is 0 Å². The molecule has 4 rings (SSSR count). The zero-order chi connectivity index (χ0) is 21.3. The van der Waals surface area contributed by atoms with Crippen molar-refractivity contribution in [3.05, 3.63) is 99.1 Å². The zero-order valence-corrected chi connectivity index (χ0v) is 17.9. The van der Waals surface area contributed by atoms with Gasteiger partial charge in [0.05, 0.1) is 17.7 Å². The van der Waals surface area contributed by atoms with Crippen molar-refractivity contribution in [1.82, 2.24) is 4.98 Å². The van der Waals surface area contributed by atoms with Crippen molar-refractivity contribution in [1.29, 1.82) is 5.41 Å². The zero-order valence-electron chi connectivity index (χ0n) is 15.5. The minimum absolute atomic E-state index is 0.0184. The number of ketones is 1. The van der Waals surface area contributed by atoms with E-state index >= 15 is 0 Å². The molecule has 4 aromatic rings. The number of carbonyl (C=O) groups is 1. The van der Waals surface area contributed by atoms with Gasteiger partial charge in [0.1, 0.15) is 0 Å². The van der Waals surface area contributed by atoms with E-state index in [1.165, 1.54) is 17.5 Å². The maximum absolute atomic E-state index is 13.4. The lowest BCUT2D eigenvalue weighted by Gasteiger charge is -2.23. The highest BCUT2D eigenvalue weighted by Gasteiger charge is 2.34. The molecule has 0 aliphatic heterocycles. The molecule has 150 valence electrons. The molecule has 0 aliphatic rings. The first-order chi connectivity index (χ1) is 14.5. The molecule has 0 aliphatic carbocycles. The highest BCUT2D eigenvalue weighted by atomic mass is 35.5. The number of fused-ring (bicyclic) bond motifs is 1. The van der Waals surface area contributed by atoms with E-state index in [0.29, 0.717) is 26.7 Å². The first kappa shape index (κ1) is 20.7. The Morgan fingerprint density at radius 1 is 1.07 bits per heavy atom. The second-order valence-electron chi connectivity index (χ2n) is 6.79. The number of pyridine rings is 1. The van der Waals surface area contributed by atoms with Gasteiger partial charge in [-0.3, -0.25) is 9.78 Å². The number of hydrogen-bond donors (Lipinski definition) is 2. The lowest BCUT2D eigenvalue weighted by molar-refractivity contribution is 0.0793. The van der Waals surface area contributed by atoms with Gasteiger partial charge in [-0.2, -0.15) is 0 Å². The van der Waals surface area contributed by atoms with Crippen LogP contribution in [0.15, 0.2) is 72.4 Å². The lowest BCUT2D eigenvalue weighted by atomic mass is 9.83. The molecule has 2 unspecified atom stereocenters. The van der Waals surface area contributed by atoms with Gasteiger partial charge in [-0.15, -0.1) is 11.3 Å². The van der Waals surface area contributed by atoms with Gasteiger partial charge >= 0.3 is 0 Å². The number of hydrogen-bond acceptors (Lipinski definition) is 5. The number of thiophene rings is 1. The topological polar surface area (TPSA) is 74.0 Å². The predicted molar refractivity (Wildman–Crippen MR) is 122 cm³/mol. The summed E-state index contributed by atoms with van der Waals surface area (Å²) < 4.78 is 0.948. The van der Waals surface area contributed by atoms with Crippen molar-refractivity contribution in [3.8, 4) is 0 Å². The van der Waals surface area contributed by atoms with E-state index in [2.05, 4.69) is 4.98 Å². The number of Topliss-reactive ketones (excluding diaryl/α,β-unsaturated/α-hetero) is 1. The van der Waals surface area contributed by atoms with Crippen LogP contribution >= 0.6 is 34.5 Å². The number of carbonyl (C=O) groups excluding carboxylic acids is 1. The molecule has 0 amide bonds. The molecule has 0 saturated heterocycles. The van der Waals surface area contributed by atoms with E-state index in [-0.39, 0.29) is 11.5 Å². The number of benzene rings is 2. The summed E-state index contributed by atoms with van der Waals surface area (Å²) in [6.45, 7) is 0. The van der Waals surface area contributed by atoms with Crippen LogP contribution in [0.1, 0.15) is 27.6 Å². The quantitative estimate of drug-likeness (QED) is 0.268. The number of halogens is 2. The van der Waals surface area contributed by atoms with Crippen molar-refractivity contribution in [2.24, 2.45) is 5.92 Å². The van der Waals surface area contributed by atoms with Crippen LogP contribution < -0.4 is 0 Å². The molecule has 0 saturated carbocycles. The molecular weight excluding hydrogens is 439 g/mol. The molecule has 0 fully saturated rings. The van der Waals surface area contributed by atoms with Crippen LogP contribution in [0.25, 0.3) is 10.1 Å². The summed E-state index contributed by atoms with van der Waals surface area (Å²) in [5.41, 5.74) is 1.38. The molecule has 0 radical (unpaired) electrons. The fraction of sp³-hybridized carbons (Fsp3) is 0.0870. The van der Waals surface area contributed by atoms with E-state index in [9.17, 15) is 9.90 Å². The van der Waals surface area contributed by atoms with Gasteiger partial charge in [0.15, 0.2) is 5.78 Å². The van der Waals surface area contributed by atoms with Crippen LogP contribution in [-0.4, -0.2) is 21.6 Å². The summed E-state index contributed by atoms with van der Waals surface area (Å²) in [4.78, 5) is 17.5. The van der Waals surface area contributed by atoms with Crippen LogP contribution in [0.5, 0.6) is 0 Å². The van der Waals surface area contributed by atoms with E-state index in [1.807, 2.05) is 11.4 Å². The van der Waals surface area contributed by atoms with Crippen LogP contribution in [-0.2, 0) is 0 Å². The molecule has 0 bridgehead atoms. The fourth-order valence-corrected chi connectivity index (χ4v) is 4.68. The Balaban J connectivity index is 1.82. The first-order valence-electron chi connectivity index (χ1n) is 9.09. The second kappa shape index (κ2) is 8.66. The van der Waals surface area contributed by atoms with Gasteiger partial charge < -0.3 is 10.5 Å². The molecule has 2 heterocycles. The molecule has 7 heteroatoms. The van der Waals surface area contributed by atoms with E-state index in [1.54, 1.807) is 54.7 Å². The normalized spacial score (nSPS) is 13.2. The van der Waals surface area contributed by atoms with Crippen LogP contribution in [0, 0.1) is 11.3 Å². The summed E-state index contributed by atoms with van der Waals surface area (Å²) in [5, 5.41) is 23.6. The van der Waals surface area contributed by atoms with Crippen LogP contribution in [0.3, 0.4) is 0 Å². The molecular formula is C23H16Cl2N2O2S. The van der Waals surface area contributed by atoms with E-state index in [4.69, 9.17) is 28.6 Å². The summed E-state index contributed by atoms with van der Waals surface area (Å²) in [5.74, 6) is -1.52. The summed E-state index contributed by atoms with van der Waals surface area (Å²) in [7, 11) is 0. The Hall–Kier alpha value is -2.57. The number of rotatable bonds is 6. The molecule has 4 nitrogen and oxygen atoms in total. The number of nitrogens with one attached hydrogen (secondary N) is 1. The van der Waals surface area contributed by atoms with Crippen LogP contribution in [0.4, 0.5) is 0 Å². The van der Waals surface area contributed by atoms with Gasteiger partial charge in [0.2, 0.25) is 0 Å². The summed E-state index contributed by atoms with van der Waals surface area (Å²) in [6.07, 6.45) is 1.84. The number of aliphatic hydroxyl groups is 1. The fourth-order valence-electron chi connectivity index (χ4n) is 3.37. The Labute approximate surface area is 187 Å². The number of aromatic nitrogens is 1. The predicted octanol–water partition coefficient (Wildman–Crippen LogP) is 6.20. The Bertz CT molecular complexity index is 1240. The SMILES string of the molecule is N=C(c1csc2ccc(Cl)cc12)C(C(=O)c1cccc(Cl)c1)C(O)c1cccnc1. The third kappa shape index (κ3) is 4.02. The van der Waals surface area contributed by atoms with Crippen LogP contribution in [0.2, 0.25) is 10.0 Å². The molecule has 0 spiro atoms. The molecule has 2 N–H and O–H groups in total. The average molecular weight is 455 g/mol. The third-order valence-corrected chi connectivity index (χ3v) is 6.30. The third-order valence-electron chi connectivity index (χ3n) is 4.87. The van der Waals surface area contributed by atoms with Gasteiger partial charge in [-0.1, -0.05) is 41.4 Å². The average Bonchev–Trinajstić information content (AvgIpc) is 3.17. The smallest absolute Gasteiger partial charge is 0.174 e. The monoisotopic (exact) mass is 454 g/mol. The minimum atomic E-state index is -1.24. The number of nitrogens with zero attached hydrogens (tertiary/aromatic N) is 1. The van der Waals surface area contributed by atoms with E-state index < -0.39 is 12.0 Å². The maximum atomic E-state index is 13.4. The standard InChI is InChI=1S/C23H16Cl2N2O2S/c24-15-5-1-3-13(9-15)22(28)20(23(29)14-4-2-8-27-11-14)21(26)18-12-30-19-7-6-16(25)10-17(18)19/h1-12,20,23,26,29H. The Kier molecular flexibility index (Phi) is 5.97. The second-order valence-corrected chi connectivity index (χ2v) is 8.57. The first-order valence-corrected chi connectivity index (χ1v) is 10.7. The molecule has 2 aromatic carbocycles. The summed E-state index contributed by atoms with van der Waals surface area (Å²) >= 11 is 13.7. The number of aliphatic hydroxyl groups excluding tert-OH is 1. The van der Waals surface area contributed by atoms with Crippen molar-refractivity contribution in [2.75, 3.05) is 0 Å². The lowest BCUT2D eigenvalue weighted by Crippen LogP contribution is -2.30. The van der Waals surface area contributed by atoms with Crippen molar-refractivity contribution < 1.29 is 9.90 Å². The van der Waals surface area contributed by atoms with Gasteiger partial charge in [0, 0.05) is 49.0 Å². The molecule has 30 heavy (non-hydrogen) atoms.